The minimum absolute atomic E-state index is 0. The first-order valence-electron chi connectivity index (χ1n) is 0.894. The largest absolute Gasteiger partial charge is 0.668 e. The van der Waals surface area contributed by atoms with Gasteiger partial charge in [0, 0.05) is 35.6 Å². The SMILES string of the molecule is O[Si](O)(O)O.[AlH3].[La]. The molecule has 4 nitrogen and oxygen atoms in total. The molecule has 0 aromatic carbocycles. The Morgan fingerprint density at radius 1 is 0.857 bits per heavy atom. The van der Waals surface area contributed by atoms with Crippen LogP contribution in [0.5, 0.6) is 0 Å². The Labute approximate surface area is 80.4 Å². The molecule has 0 saturated heterocycles. The molecule has 0 bridgehead atoms. The second-order valence-electron chi connectivity index (χ2n) is 0.600. The monoisotopic (exact) mass is 265 g/mol. The van der Waals surface area contributed by atoms with Crippen molar-refractivity contribution in [1.29, 1.82) is 0 Å². The minimum Gasteiger partial charge on any atom is -0.368 e. The number of rotatable bonds is 0. The third-order valence-electron chi connectivity index (χ3n) is 0. The van der Waals surface area contributed by atoms with Gasteiger partial charge in [-0.25, -0.2) is 0 Å². The van der Waals surface area contributed by atoms with Crippen LogP contribution in [0.2, 0.25) is 0 Å². The van der Waals surface area contributed by atoms with E-state index in [2.05, 4.69) is 0 Å². The van der Waals surface area contributed by atoms with Crippen LogP contribution < -0.4 is 0 Å². The maximum Gasteiger partial charge on any atom is 0.668 e. The van der Waals surface area contributed by atoms with E-state index in [0.717, 1.165) is 0 Å². The van der Waals surface area contributed by atoms with Gasteiger partial charge < -0.3 is 19.2 Å². The third-order valence-corrected chi connectivity index (χ3v) is 0. The fraction of sp³-hybridized carbons (Fsp3) is 0. The van der Waals surface area contributed by atoms with Crippen molar-refractivity contribution in [3.8, 4) is 0 Å². The van der Waals surface area contributed by atoms with E-state index in [1.165, 1.54) is 0 Å². The summed E-state index contributed by atoms with van der Waals surface area (Å²) < 4.78 is 0. The molecule has 1 radical (unpaired) electrons. The van der Waals surface area contributed by atoms with Gasteiger partial charge in [0.15, 0.2) is 17.4 Å². The fourth-order valence-electron chi connectivity index (χ4n) is 0. The molecular weight excluding hydrogens is 258 g/mol. The standard InChI is InChI=1S/Al.La.H4O4Si.3H/c;;1-5(2,3)4;;;/h;;1-4H;;;. The van der Waals surface area contributed by atoms with Crippen LogP contribution in [-0.2, 0) is 0 Å². The van der Waals surface area contributed by atoms with E-state index in [9.17, 15) is 0 Å². The summed E-state index contributed by atoms with van der Waals surface area (Å²) >= 11 is 0. The molecule has 0 aliphatic rings. The van der Waals surface area contributed by atoms with Crippen LogP contribution >= 0.6 is 0 Å². The summed E-state index contributed by atoms with van der Waals surface area (Å²) in [4.78, 5) is 29.3. The molecule has 0 unspecified atom stereocenters. The van der Waals surface area contributed by atoms with E-state index in [1.54, 1.807) is 0 Å². The van der Waals surface area contributed by atoms with Crippen molar-refractivity contribution < 1.29 is 54.8 Å². The maximum absolute atomic E-state index is 7.33. The molecule has 0 atom stereocenters. The number of hydrogen-bond donors (Lipinski definition) is 4. The van der Waals surface area contributed by atoms with E-state index in [0.29, 0.717) is 0 Å². The molecule has 7 heteroatoms. The quantitative estimate of drug-likeness (QED) is 0.339. The van der Waals surface area contributed by atoms with Gasteiger partial charge >= 0.3 is 9.05 Å². The van der Waals surface area contributed by atoms with Crippen LogP contribution in [0.3, 0.4) is 0 Å². The summed E-state index contributed by atoms with van der Waals surface area (Å²) in [6.07, 6.45) is 0. The molecule has 0 amide bonds. The summed E-state index contributed by atoms with van der Waals surface area (Å²) in [6, 6.07) is 0. The summed E-state index contributed by atoms with van der Waals surface area (Å²) in [5.41, 5.74) is 0. The van der Waals surface area contributed by atoms with Gasteiger partial charge in [0.05, 0.1) is 0 Å². The Bertz CT molecular complexity index is 27.2. The normalized spacial score (nSPS) is 8.57. The van der Waals surface area contributed by atoms with Gasteiger partial charge in [-0.1, -0.05) is 0 Å². The Morgan fingerprint density at radius 2 is 0.857 bits per heavy atom. The fourth-order valence-corrected chi connectivity index (χ4v) is 0. The van der Waals surface area contributed by atoms with Gasteiger partial charge in [-0.3, -0.25) is 0 Å². The molecule has 0 spiro atoms. The average Bonchev–Trinajstić information content (AvgIpc) is 0.722. The van der Waals surface area contributed by atoms with Crippen molar-refractivity contribution in [3.63, 3.8) is 0 Å². The Balaban J connectivity index is -0.0000000800. The summed E-state index contributed by atoms with van der Waals surface area (Å²) in [6.45, 7) is 0. The Hall–Kier alpha value is 1.78. The average molecular weight is 265 g/mol. The molecule has 0 saturated carbocycles. The van der Waals surface area contributed by atoms with Crippen molar-refractivity contribution in [2.24, 2.45) is 0 Å². The molecule has 0 aromatic rings. The van der Waals surface area contributed by atoms with Crippen molar-refractivity contribution >= 4 is 26.4 Å². The zero-order valence-electron chi connectivity index (χ0n) is 2.87. The molecule has 0 aromatic heterocycles. The van der Waals surface area contributed by atoms with Gasteiger partial charge in [-0.05, 0) is 0 Å². The number of hydrogen-bond acceptors (Lipinski definition) is 4. The van der Waals surface area contributed by atoms with E-state index in [4.69, 9.17) is 19.2 Å². The van der Waals surface area contributed by atoms with Crippen LogP contribution in [0.4, 0.5) is 0 Å². The van der Waals surface area contributed by atoms with Crippen molar-refractivity contribution in [2.45, 2.75) is 0 Å². The van der Waals surface area contributed by atoms with Crippen LogP contribution in [-0.4, -0.2) is 45.6 Å². The third kappa shape index (κ3) is 81.8. The van der Waals surface area contributed by atoms with Crippen LogP contribution in [0.25, 0.3) is 0 Å². The molecular formula is H7AlLaO4Si. The Morgan fingerprint density at radius 3 is 0.857 bits per heavy atom. The molecule has 0 aliphatic heterocycles. The molecule has 41 valence electrons. The van der Waals surface area contributed by atoms with E-state index < -0.39 is 9.05 Å². The molecule has 0 aliphatic carbocycles. The minimum atomic E-state index is -4.61. The predicted molar refractivity (Wildman–Crippen MR) is 24.6 cm³/mol. The van der Waals surface area contributed by atoms with Crippen LogP contribution in [0.1, 0.15) is 0 Å². The zero-order valence-corrected chi connectivity index (χ0v) is 7.49. The van der Waals surface area contributed by atoms with Crippen LogP contribution in [0.15, 0.2) is 0 Å². The molecule has 4 N–H and O–H groups in total. The molecule has 7 heavy (non-hydrogen) atoms. The Kier molecular flexibility index (Phi) is 13.4. The summed E-state index contributed by atoms with van der Waals surface area (Å²) in [5, 5.41) is 0. The molecule has 0 rings (SSSR count). The van der Waals surface area contributed by atoms with Gasteiger partial charge in [0.25, 0.3) is 0 Å². The van der Waals surface area contributed by atoms with Crippen molar-refractivity contribution in [1.82, 2.24) is 0 Å². The van der Waals surface area contributed by atoms with E-state index in [1.807, 2.05) is 0 Å². The zero-order chi connectivity index (χ0) is 4.50. The molecule has 0 heterocycles. The predicted octanol–water partition coefficient (Wildman–Crippen LogP) is -3.79. The smallest absolute Gasteiger partial charge is 0.368 e. The topological polar surface area (TPSA) is 80.9 Å². The maximum atomic E-state index is 7.33. The van der Waals surface area contributed by atoms with Crippen molar-refractivity contribution in [3.05, 3.63) is 0 Å². The second kappa shape index (κ2) is 5.91. The molecule has 0 fully saturated rings. The van der Waals surface area contributed by atoms with Gasteiger partial charge in [0.1, 0.15) is 0 Å². The van der Waals surface area contributed by atoms with Gasteiger partial charge in [0.2, 0.25) is 0 Å². The summed E-state index contributed by atoms with van der Waals surface area (Å²) in [7, 11) is -4.61. The first-order chi connectivity index (χ1) is 2.00. The summed E-state index contributed by atoms with van der Waals surface area (Å²) in [5.74, 6) is 0. The van der Waals surface area contributed by atoms with E-state index >= 15 is 0 Å². The second-order valence-corrected chi connectivity index (χ2v) is 1.80. The van der Waals surface area contributed by atoms with Crippen LogP contribution in [0, 0.1) is 35.6 Å². The van der Waals surface area contributed by atoms with E-state index in [-0.39, 0.29) is 53.0 Å². The first kappa shape index (κ1) is 15.9. The van der Waals surface area contributed by atoms with Gasteiger partial charge in [-0.15, -0.1) is 0 Å². The van der Waals surface area contributed by atoms with Gasteiger partial charge in [-0.2, -0.15) is 0 Å². The van der Waals surface area contributed by atoms with Crippen molar-refractivity contribution in [2.75, 3.05) is 0 Å². The first-order valence-corrected chi connectivity index (χ1v) is 2.68.